The smallest absolute Gasteiger partial charge is 0.238 e. The van der Waals surface area contributed by atoms with Gasteiger partial charge in [0, 0.05) is 21.2 Å². The van der Waals surface area contributed by atoms with Crippen LogP contribution in [0.15, 0.2) is 103 Å². The number of rotatable bonds is 5. The number of halogens is 1. The average molecular weight is 521 g/mol. The zero-order valence-corrected chi connectivity index (χ0v) is 20.8. The summed E-state index contributed by atoms with van der Waals surface area (Å²) in [7, 11) is 0. The largest absolute Gasteiger partial charge is 0.455 e. The molecular formula is C30H21BrN2O2. The van der Waals surface area contributed by atoms with Crippen LogP contribution in [0.2, 0.25) is 0 Å². The minimum Gasteiger partial charge on any atom is -0.455 e. The van der Waals surface area contributed by atoms with Crippen molar-refractivity contribution < 1.29 is 8.83 Å². The van der Waals surface area contributed by atoms with Gasteiger partial charge in [0.2, 0.25) is 5.88 Å². The number of nitrogens with zero attached hydrogens (tertiary/aromatic N) is 2. The molecule has 0 spiro atoms. The van der Waals surface area contributed by atoms with Gasteiger partial charge in [-0.3, -0.25) is 0 Å². The van der Waals surface area contributed by atoms with E-state index in [1.165, 1.54) is 0 Å². The van der Waals surface area contributed by atoms with Crippen LogP contribution >= 0.6 is 15.9 Å². The van der Waals surface area contributed by atoms with E-state index in [4.69, 9.17) is 8.83 Å². The normalized spacial score (nSPS) is 11.1. The van der Waals surface area contributed by atoms with E-state index in [2.05, 4.69) is 27.0 Å². The number of furan rings is 2. The quantitative estimate of drug-likeness (QED) is 0.217. The Balaban J connectivity index is 1.56. The molecule has 170 valence electrons. The lowest BCUT2D eigenvalue weighted by molar-refractivity contribution is 0.572. The second-order valence-corrected chi connectivity index (χ2v) is 9.21. The molecule has 0 amide bonds. The molecule has 0 saturated heterocycles. The molecule has 0 unspecified atom stereocenters. The minimum absolute atomic E-state index is 0.250. The standard InChI is InChI=1S/C30H21BrN2O2/c1-19-3-7-22(8-4-19)28-26(17-32)30(35-29(28)23-9-5-20(2)6-10-23)33-18-25-15-16-27(34-25)21-11-13-24(31)14-12-21/h3-16,18H,1-2H3. The van der Waals surface area contributed by atoms with Gasteiger partial charge in [-0.15, -0.1) is 0 Å². The zero-order valence-electron chi connectivity index (χ0n) is 19.2. The predicted molar refractivity (Wildman–Crippen MR) is 143 cm³/mol. The van der Waals surface area contributed by atoms with Crippen molar-refractivity contribution >= 4 is 28.0 Å². The SMILES string of the molecule is Cc1ccc(-c2oc(N=Cc3ccc(-c4ccc(Br)cc4)o3)c(C#N)c2-c2ccc(C)cc2)cc1. The molecule has 0 radical (unpaired) electrons. The zero-order chi connectivity index (χ0) is 24.4. The molecule has 5 heteroatoms. The van der Waals surface area contributed by atoms with E-state index in [0.29, 0.717) is 17.1 Å². The van der Waals surface area contributed by atoms with Crippen LogP contribution < -0.4 is 0 Å². The van der Waals surface area contributed by atoms with E-state index in [1.54, 1.807) is 6.21 Å². The van der Waals surface area contributed by atoms with Crippen molar-refractivity contribution in [3.8, 4) is 39.8 Å². The average Bonchev–Trinajstić information content (AvgIpc) is 3.49. The fourth-order valence-corrected chi connectivity index (χ4v) is 4.10. The molecule has 0 aliphatic heterocycles. The van der Waals surface area contributed by atoms with Crippen molar-refractivity contribution in [2.45, 2.75) is 13.8 Å². The van der Waals surface area contributed by atoms with Gasteiger partial charge in [0.05, 0.1) is 6.21 Å². The maximum atomic E-state index is 10.1. The van der Waals surface area contributed by atoms with Gasteiger partial charge in [0.15, 0.2) is 0 Å². The molecule has 5 aromatic rings. The number of nitriles is 1. The summed E-state index contributed by atoms with van der Waals surface area (Å²) in [5, 5.41) is 10.1. The van der Waals surface area contributed by atoms with Crippen LogP contribution in [0.25, 0.3) is 33.8 Å². The Labute approximate surface area is 212 Å². The lowest BCUT2D eigenvalue weighted by Crippen LogP contribution is -1.85. The predicted octanol–water partition coefficient (Wildman–Crippen LogP) is 8.88. The lowest BCUT2D eigenvalue weighted by Gasteiger charge is -2.05. The third-order valence-electron chi connectivity index (χ3n) is 5.72. The molecule has 2 heterocycles. The van der Waals surface area contributed by atoms with Gasteiger partial charge < -0.3 is 8.83 Å². The molecule has 4 nitrogen and oxygen atoms in total. The fraction of sp³-hybridized carbons (Fsp3) is 0.0667. The van der Waals surface area contributed by atoms with Crippen LogP contribution in [0.3, 0.4) is 0 Å². The fourth-order valence-electron chi connectivity index (χ4n) is 3.83. The van der Waals surface area contributed by atoms with Crippen molar-refractivity contribution in [3.05, 3.63) is 112 Å². The molecule has 0 atom stereocenters. The van der Waals surface area contributed by atoms with Gasteiger partial charge in [-0.05, 0) is 43.7 Å². The van der Waals surface area contributed by atoms with Crippen molar-refractivity contribution in [3.63, 3.8) is 0 Å². The van der Waals surface area contributed by atoms with Gasteiger partial charge in [-0.25, -0.2) is 4.99 Å². The van der Waals surface area contributed by atoms with Gasteiger partial charge in [0.25, 0.3) is 0 Å². The van der Waals surface area contributed by atoms with Crippen molar-refractivity contribution in [2.24, 2.45) is 4.99 Å². The van der Waals surface area contributed by atoms with Gasteiger partial charge in [-0.2, -0.15) is 5.26 Å². The monoisotopic (exact) mass is 520 g/mol. The maximum absolute atomic E-state index is 10.1. The van der Waals surface area contributed by atoms with Crippen molar-refractivity contribution in [1.29, 1.82) is 5.26 Å². The number of aliphatic imine (C=N–C) groups is 1. The Morgan fingerprint density at radius 2 is 1.34 bits per heavy atom. The summed E-state index contributed by atoms with van der Waals surface area (Å²) < 4.78 is 13.2. The lowest BCUT2D eigenvalue weighted by atomic mass is 9.97. The van der Waals surface area contributed by atoms with E-state index >= 15 is 0 Å². The second kappa shape index (κ2) is 9.61. The summed E-state index contributed by atoms with van der Waals surface area (Å²) in [6.45, 7) is 4.07. The molecular weight excluding hydrogens is 500 g/mol. The number of benzene rings is 3. The van der Waals surface area contributed by atoms with Crippen LogP contribution in [0.5, 0.6) is 0 Å². The van der Waals surface area contributed by atoms with Crippen LogP contribution in [0.4, 0.5) is 5.88 Å². The first-order valence-corrected chi connectivity index (χ1v) is 11.9. The van der Waals surface area contributed by atoms with Crippen LogP contribution in [0, 0.1) is 25.2 Å². The number of aryl methyl sites for hydroxylation is 2. The summed E-state index contributed by atoms with van der Waals surface area (Å²) in [5.41, 5.74) is 6.18. The van der Waals surface area contributed by atoms with Gasteiger partial charge in [0.1, 0.15) is 28.9 Å². The Morgan fingerprint density at radius 1 is 0.743 bits per heavy atom. The Bertz CT molecular complexity index is 1550. The second-order valence-electron chi connectivity index (χ2n) is 8.30. The molecule has 0 fully saturated rings. The maximum Gasteiger partial charge on any atom is 0.238 e. The first-order valence-electron chi connectivity index (χ1n) is 11.1. The molecule has 35 heavy (non-hydrogen) atoms. The first-order chi connectivity index (χ1) is 17.0. The molecule has 0 saturated carbocycles. The van der Waals surface area contributed by atoms with E-state index < -0.39 is 0 Å². The Hall–Kier alpha value is -4.14. The molecule has 0 bridgehead atoms. The minimum atomic E-state index is 0.250. The Kier molecular flexibility index (Phi) is 6.22. The molecule has 3 aromatic carbocycles. The van der Waals surface area contributed by atoms with Crippen molar-refractivity contribution in [2.75, 3.05) is 0 Å². The topological polar surface area (TPSA) is 62.4 Å². The summed E-state index contributed by atoms with van der Waals surface area (Å²) in [4.78, 5) is 4.52. The van der Waals surface area contributed by atoms with Gasteiger partial charge >= 0.3 is 0 Å². The van der Waals surface area contributed by atoms with Crippen molar-refractivity contribution in [1.82, 2.24) is 0 Å². The summed E-state index contributed by atoms with van der Waals surface area (Å²) in [6, 6.07) is 30.0. The van der Waals surface area contributed by atoms with E-state index in [-0.39, 0.29) is 5.88 Å². The molecule has 5 rings (SSSR count). The van der Waals surface area contributed by atoms with E-state index in [9.17, 15) is 5.26 Å². The third kappa shape index (κ3) is 4.75. The van der Waals surface area contributed by atoms with E-state index in [0.717, 1.165) is 43.6 Å². The summed E-state index contributed by atoms with van der Waals surface area (Å²) in [5.74, 6) is 2.17. The van der Waals surface area contributed by atoms with Crippen LogP contribution in [0.1, 0.15) is 22.5 Å². The summed E-state index contributed by atoms with van der Waals surface area (Å²) >= 11 is 3.45. The first kappa shape index (κ1) is 22.6. The number of hydrogen-bond acceptors (Lipinski definition) is 4. The highest BCUT2D eigenvalue weighted by atomic mass is 79.9. The van der Waals surface area contributed by atoms with Crippen LogP contribution in [-0.4, -0.2) is 6.21 Å². The highest BCUT2D eigenvalue weighted by molar-refractivity contribution is 9.10. The highest BCUT2D eigenvalue weighted by Gasteiger charge is 2.23. The third-order valence-corrected chi connectivity index (χ3v) is 6.25. The Morgan fingerprint density at radius 3 is 1.97 bits per heavy atom. The van der Waals surface area contributed by atoms with E-state index in [1.807, 2.05) is 98.8 Å². The number of hydrogen-bond donors (Lipinski definition) is 0. The molecule has 0 aliphatic carbocycles. The highest BCUT2D eigenvalue weighted by Crippen LogP contribution is 2.42. The van der Waals surface area contributed by atoms with Gasteiger partial charge in [-0.1, -0.05) is 87.7 Å². The molecule has 0 aliphatic rings. The molecule has 2 aromatic heterocycles. The summed E-state index contributed by atoms with van der Waals surface area (Å²) in [6.07, 6.45) is 1.58. The molecule has 0 N–H and O–H groups in total. The van der Waals surface area contributed by atoms with Crippen LogP contribution in [-0.2, 0) is 0 Å².